The highest BCUT2D eigenvalue weighted by atomic mass is 35.5. The number of benzene rings is 1. The summed E-state index contributed by atoms with van der Waals surface area (Å²) in [7, 11) is 1.94. The third-order valence-corrected chi connectivity index (χ3v) is 2.10. The lowest BCUT2D eigenvalue weighted by Gasteiger charge is -2.13. The largest absolute Gasteiger partial charge is 0.313 e. The molecule has 0 fully saturated rings. The van der Waals surface area contributed by atoms with Gasteiger partial charge in [-0.15, -0.1) is 12.4 Å². The SMILES string of the molecule is C=C(c1ccccc1)C(C)NC.Cl. The first-order chi connectivity index (χ1) is 5.75. The van der Waals surface area contributed by atoms with E-state index in [1.807, 2.05) is 25.2 Å². The molecule has 0 amide bonds. The molecule has 1 atom stereocenters. The zero-order valence-electron chi connectivity index (χ0n) is 8.08. The summed E-state index contributed by atoms with van der Waals surface area (Å²) in [4.78, 5) is 0. The summed E-state index contributed by atoms with van der Waals surface area (Å²) in [5.41, 5.74) is 2.34. The van der Waals surface area contributed by atoms with Crippen LogP contribution in [0.15, 0.2) is 36.9 Å². The van der Waals surface area contributed by atoms with Crippen molar-refractivity contribution in [3.8, 4) is 0 Å². The van der Waals surface area contributed by atoms with Crippen LogP contribution >= 0.6 is 12.4 Å². The summed E-state index contributed by atoms with van der Waals surface area (Å²) in [5, 5.41) is 3.16. The molecule has 72 valence electrons. The van der Waals surface area contributed by atoms with Gasteiger partial charge in [-0.25, -0.2) is 0 Å². The van der Waals surface area contributed by atoms with Gasteiger partial charge in [0, 0.05) is 6.04 Å². The van der Waals surface area contributed by atoms with Gasteiger partial charge in [-0.1, -0.05) is 36.9 Å². The summed E-state index contributed by atoms with van der Waals surface area (Å²) < 4.78 is 0. The monoisotopic (exact) mass is 197 g/mol. The van der Waals surface area contributed by atoms with E-state index in [-0.39, 0.29) is 12.4 Å². The topological polar surface area (TPSA) is 12.0 Å². The fourth-order valence-electron chi connectivity index (χ4n) is 1.08. The molecule has 0 saturated carbocycles. The van der Waals surface area contributed by atoms with Crippen LogP contribution < -0.4 is 5.32 Å². The van der Waals surface area contributed by atoms with Crippen LogP contribution in [0.5, 0.6) is 0 Å². The maximum Gasteiger partial charge on any atom is 0.0289 e. The van der Waals surface area contributed by atoms with Crippen molar-refractivity contribution < 1.29 is 0 Å². The molecule has 0 spiro atoms. The van der Waals surface area contributed by atoms with E-state index in [4.69, 9.17) is 0 Å². The molecule has 1 aromatic carbocycles. The fourth-order valence-corrected chi connectivity index (χ4v) is 1.08. The Morgan fingerprint density at radius 1 is 1.31 bits per heavy atom. The average Bonchev–Trinajstić information content (AvgIpc) is 2.17. The second-order valence-corrected chi connectivity index (χ2v) is 2.90. The Morgan fingerprint density at radius 2 is 1.85 bits per heavy atom. The molecule has 0 aliphatic rings. The van der Waals surface area contributed by atoms with Gasteiger partial charge >= 0.3 is 0 Å². The molecule has 1 nitrogen and oxygen atoms in total. The Kier molecular flexibility index (Phi) is 5.44. The van der Waals surface area contributed by atoms with Crippen molar-refractivity contribution in [1.29, 1.82) is 0 Å². The third kappa shape index (κ3) is 3.21. The molecular weight excluding hydrogens is 182 g/mol. The van der Waals surface area contributed by atoms with E-state index in [1.165, 1.54) is 5.56 Å². The highest BCUT2D eigenvalue weighted by Gasteiger charge is 2.04. The van der Waals surface area contributed by atoms with Crippen molar-refractivity contribution >= 4 is 18.0 Å². The van der Waals surface area contributed by atoms with Crippen LogP contribution in [0, 0.1) is 0 Å². The van der Waals surface area contributed by atoms with Gasteiger partial charge in [-0.3, -0.25) is 0 Å². The number of nitrogens with one attached hydrogen (secondary N) is 1. The van der Waals surface area contributed by atoms with Crippen LogP contribution in [0.2, 0.25) is 0 Å². The Morgan fingerprint density at radius 3 is 2.31 bits per heavy atom. The van der Waals surface area contributed by atoms with E-state index in [0.29, 0.717) is 6.04 Å². The van der Waals surface area contributed by atoms with Gasteiger partial charge in [0.05, 0.1) is 0 Å². The van der Waals surface area contributed by atoms with Crippen LogP contribution in [-0.2, 0) is 0 Å². The first-order valence-electron chi connectivity index (χ1n) is 4.17. The molecule has 13 heavy (non-hydrogen) atoms. The van der Waals surface area contributed by atoms with E-state index >= 15 is 0 Å². The van der Waals surface area contributed by atoms with Gasteiger partial charge in [0.2, 0.25) is 0 Å². The van der Waals surface area contributed by atoms with Crippen molar-refractivity contribution in [3.63, 3.8) is 0 Å². The van der Waals surface area contributed by atoms with Gasteiger partial charge in [0.1, 0.15) is 0 Å². The van der Waals surface area contributed by atoms with Crippen LogP contribution in [0.3, 0.4) is 0 Å². The summed E-state index contributed by atoms with van der Waals surface area (Å²) in [6.07, 6.45) is 0. The Bertz CT molecular complexity index is 256. The number of halogens is 1. The first kappa shape index (κ1) is 12.2. The lowest BCUT2D eigenvalue weighted by molar-refractivity contribution is 0.746. The molecule has 2 heteroatoms. The number of hydrogen-bond donors (Lipinski definition) is 1. The highest BCUT2D eigenvalue weighted by molar-refractivity contribution is 5.85. The third-order valence-electron chi connectivity index (χ3n) is 2.10. The molecule has 1 unspecified atom stereocenters. The minimum Gasteiger partial charge on any atom is -0.313 e. The molecule has 0 aliphatic carbocycles. The fraction of sp³-hybridized carbons (Fsp3) is 0.273. The van der Waals surface area contributed by atoms with Crippen molar-refractivity contribution in [2.24, 2.45) is 0 Å². The number of rotatable bonds is 3. The quantitative estimate of drug-likeness (QED) is 0.786. The van der Waals surface area contributed by atoms with Crippen LogP contribution in [-0.4, -0.2) is 13.1 Å². The average molecular weight is 198 g/mol. The lowest BCUT2D eigenvalue weighted by Crippen LogP contribution is -2.21. The smallest absolute Gasteiger partial charge is 0.0289 e. The maximum absolute atomic E-state index is 4.03. The zero-order valence-corrected chi connectivity index (χ0v) is 8.90. The first-order valence-corrected chi connectivity index (χ1v) is 4.17. The Hall–Kier alpha value is -0.790. The predicted octanol–water partition coefficient (Wildman–Crippen LogP) is 2.73. The van der Waals surface area contributed by atoms with E-state index < -0.39 is 0 Å². The van der Waals surface area contributed by atoms with Gasteiger partial charge in [-0.2, -0.15) is 0 Å². The molecule has 0 heterocycles. The summed E-state index contributed by atoms with van der Waals surface area (Å²) in [6, 6.07) is 10.6. The Balaban J connectivity index is 0.00000144. The minimum atomic E-state index is 0. The van der Waals surface area contributed by atoms with Crippen LogP contribution in [0.1, 0.15) is 12.5 Å². The summed E-state index contributed by atoms with van der Waals surface area (Å²) in [6.45, 7) is 6.14. The van der Waals surface area contributed by atoms with Crippen molar-refractivity contribution in [2.75, 3.05) is 7.05 Å². The second kappa shape index (κ2) is 5.79. The highest BCUT2D eigenvalue weighted by Crippen LogP contribution is 2.14. The number of hydrogen-bond acceptors (Lipinski definition) is 1. The van der Waals surface area contributed by atoms with E-state index in [9.17, 15) is 0 Å². The van der Waals surface area contributed by atoms with Gasteiger partial charge < -0.3 is 5.32 Å². The van der Waals surface area contributed by atoms with Crippen molar-refractivity contribution in [3.05, 3.63) is 42.5 Å². The molecule has 1 aromatic rings. The van der Waals surface area contributed by atoms with Crippen molar-refractivity contribution in [2.45, 2.75) is 13.0 Å². The van der Waals surface area contributed by atoms with Gasteiger partial charge in [0.15, 0.2) is 0 Å². The molecule has 0 bridgehead atoms. The maximum atomic E-state index is 4.03. The standard InChI is InChI=1S/C11H15N.ClH/c1-9(10(2)12-3)11-7-5-4-6-8-11;/h4-8,10,12H,1H2,2-3H3;1H. The van der Waals surface area contributed by atoms with E-state index in [0.717, 1.165) is 5.57 Å². The van der Waals surface area contributed by atoms with Crippen molar-refractivity contribution in [1.82, 2.24) is 5.32 Å². The van der Waals surface area contributed by atoms with E-state index in [1.54, 1.807) is 0 Å². The molecule has 0 saturated heterocycles. The number of likely N-dealkylation sites (N-methyl/N-ethyl adjacent to an activating group) is 1. The summed E-state index contributed by atoms with van der Waals surface area (Å²) >= 11 is 0. The normalized spacial score (nSPS) is 11.5. The molecular formula is C11H16ClN. The predicted molar refractivity (Wildman–Crippen MR) is 61.2 cm³/mol. The van der Waals surface area contributed by atoms with Crippen LogP contribution in [0.25, 0.3) is 5.57 Å². The summed E-state index contributed by atoms with van der Waals surface area (Å²) in [5.74, 6) is 0. The van der Waals surface area contributed by atoms with Crippen LogP contribution in [0.4, 0.5) is 0 Å². The second-order valence-electron chi connectivity index (χ2n) is 2.90. The molecule has 1 rings (SSSR count). The molecule has 0 aliphatic heterocycles. The zero-order chi connectivity index (χ0) is 8.97. The van der Waals surface area contributed by atoms with Gasteiger partial charge in [0.25, 0.3) is 0 Å². The molecule has 1 N–H and O–H groups in total. The molecule has 0 aromatic heterocycles. The Labute approximate surface area is 86.3 Å². The lowest BCUT2D eigenvalue weighted by atomic mass is 10.0. The van der Waals surface area contributed by atoms with E-state index in [2.05, 4.69) is 31.0 Å². The molecule has 0 radical (unpaired) electrons. The van der Waals surface area contributed by atoms with Gasteiger partial charge in [-0.05, 0) is 25.1 Å². The minimum absolute atomic E-state index is 0.